The van der Waals surface area contributed by atoms with Crippen molar-refractivity contribution in [2.75, 3.05) is 18.9 Å². The summed E-state index contributed by atoms with van der Waals surface area (Å²) in [5.74, 6) is -0.150. The third-order valence-corrected chi connectivity index (χ3v) is 3.26. The predicted molar refractivity (Wildman–Crippen MR) is 78.5 cm³/mol. The second-order valence-corrected chi connectivity index (χ2v) is 4.85. The van der Waals surface area contributed by atoms with Gasteiger partial charge >= 0.3 is 0 Å². The quantitative estimate of drug-likeness (QED) is 0.903. The first-order valence-corrected chi connectivity index (χ1v) is 6.50. The topological polar surface area (TPSA) is 54.0 Å². The Morgan fingerprint density at radius 1 is 1.42 bits per heavy atom. The first kappa shape index (κ1) is 13.8. The summed E-state index contributed by atoms with van der Waals surface area (Å²) in [5, 5.41) is 7.34. The molecule has 1 aromatic carbocycles. The van der Waals surface area contributed by atoms with Crippen molar-refractivity contribution in [2.24, 2.45) is 5.92 Å². The van der Waals surface area contributed by atoms with Gasteiger partial charge in [-0.1, -0.05) is 18.5 Å². The summed E-state index contributed by atoms with van der Waals surface area (Å²) >= 11 is 6.12. The summed E-state index contributed by atoms with van der Waals surface area (Å²) in [6.07, 6.45) is 1.69. The second kappa shape index (κ2) is 5.99. The maximum Gasteiger partial charge on any atom is 0.228 e. The number of hydrogen-bond acceptors (Lipinski definition) is 3. The van der Waals surface area contributed by atoms with Crippen LogP contribution in [0.3, 0.4) is 0 Å². The molecule has 5 heteroatoms. The van der Waals surface area contributed by atoms with Gasteiger partial charge in [0.15, 0.2) is 0 Å². The molecule has 0 radical (unpaired) electrons. The van der Waals surface area contributed by atoms with Gasteiger partial charge in [-0.2, -0.15) is 0 Å². The fourth-order valence-electron chi connectivity index (χ4n) is 1.89. The van der Waals surface area contributed by atoms with Crippen molar-refractivity contribution >= 4 is 34.1 Å². The Morgan fingerprint density at radius 3 is 2.95 bits per heavy atom. The number of rotatable bonds is 4. The fraction of sp³-hybridized carbons (Fsp3) is 0.286. The molecule has 1 heterocycles. The molecule has 0 saturated carbocycles. The molecule has 0 spiro atoms. The van der Waals surface area contributed by atoms with Crippen LogP contribution in [-0.2, 0) is 4.79 Å². The van der Waals surface area contributed by atoms with Crippen LogP contribution in [-0.4, -0.2) is 24.5 Å². The van der Waals surface area contributed by atoms with Gasteiger partial charge in [-0.3, -0.25) is 9.78 Å². The van der Waals surface area contributed by atoms with Crippen LogP contribution in [0.5, 0.6) is 0 Å². The van der Waals surface area contributed by atoms with E-state index in [4.69, 9.17) is 11.6 Å². The van der Waals surface area contributed by atoms with Crippen LogP contribution < -0.4 is 10.6 Å². The number of halogens is 1. The first-order chi connectivity index (χ1) is 9.13. The molecule has 0 aliphatic carbocycles. The highest BCUT2D eigenvalue weighted by atomic mass is 35.5. The lowest BCUT2D eigenvalue weighted by Crippen LogP contribution is -2.28. The summed E-state index contributed by atoms with van der Waals surface area (Å²) in [6, 6.07) is 7.26. The lowest BCUT2D eigenvalue weighted by atomic mass is 10.1. The molecule has 100 valence electrons. The predicted octanol–water partition coefficient (Wildman–Crippen LogP) is 2.68. The highest BCUT2D eigenvalue weighted by Crippen LogP contribution is 2.28. The van der Waals surface area contributed by atoms with E-state index < -0.39 is 0 Å². The molecular formula is C14H16ClN3O. The van der Waals surface area contributed by atoms with E-state index >= 15 is 0 Å². The summed E-state index contributed by atoms with van der Waals surface area (Å²) in [4.78, 5) is 16.3. The maximum atomic E-state index is 12.0. The van der Waals surface area contributed by atoms with E-state index in [1.165, 1.54) is 0 Å². The average molecular weight is 278 g/mol. The third-order valence-electron chi connectivity index (χ3n) is 2.93. The summed E-state index contributed by atoms with van der Waals surface area (Å²) in [5.41, 5.74) is 1.40. The Kier molecular flexibility index (Phi) is 4.35. The molecule has 1 atom stereocenters. The molecule has 1 unspecified atom stereocenters. The van der Waals surface area contributed by atoms with Crippen LogP contribution in [0.2, 0.25) is 5.02 Å². The van der Waals surface area contributed by atoms with Crippen molar-refractivity contribution in [1.29, 1.82) is 0 Å². The minimum atomic E-state index is -0.112. The number of pyridine rings is 1. The number of nitrogens with zero attached hydrogens (tertiary/aromatic N) is 1. The van der Waals surface area contributed by atoms with Gasteiger partial charge in [0.25, 0.3) is 0 Å². The smallest absolute Gasteiger partial charge is 0.228 e. The summed E-state index contributed by atoms with van der Waals surface area (Å²) in [7, 11) is 1.82. The van der Waals surface area contributed by atoms with Gasteiger partial charge in [-0.25, -0.2) is 0 Å². The van der Waals surface area contributed by atoms with Crippen molar-refractivity contribution in [3.05, 3.63) is 35.5 Å². The monoisotopic (exact) mass is 277 g/mol. The molecule has 0 fully saturated rings. The first-order valence-electron chi connectivity index (χ1n) is 6.12. The Bertz CT molecular complexity index is 600. The number of fused-ring (bicyclic) bond motifs is 1. The number of carbonyl (C=O) groups is 1. The lowest BCUT2D eigenvalue weighted by molar-refractivity contribution is -0.119. The Balaban J connectivity index is 2.31. The molecule has 0 aliphatic rings. The van der Waals surface area contributed by atoms with Crippen molar-refractivity contribution in [2.45, 2.75) is 6.92 Å². The molecule has 2 N–H and O–H groups in total. The van der Waals surface area contributed by atoms with E-state index in [9.17, 15) is 4.79 Å². The van der Waals surface area contributed by atoms with Crippen molar-refractivity contribution in [3.63, 3.8) is 0 Å². The van der Waals surface area contributed by atoms with Gasteiger partial charge < -0.3 is 10.6 Å². The zero-order valence-corrected chi connectivity index (χ0v) is 11.7. The summed E-state index contributed by atoms with van der Waals surface area (Å²) in [6.45, 7) is 2.50. The van der Waals surface area contributed by atoms with E-state index in [0.717, 1.165) is 5.39 Å². The highest BCUT2D eigenvalue weighted by molar-refractivity contribution is 6.35. The number of anilines is 1. The summed E-state index contributed by atoms with van der Waals surface area (Å²) < 4.78 is 0. The van der Waals surface area contributed by atoms with Crippen LogP contribution in [0.15, 0.2) is 30.5 Å². The number of amides is 1. The molecule has 2 aromatic rings. The minimum Gasteiger partial charge on any atom is -0.324 e. The van der Waals surface area contributed by atoms with E-state index in [2.05, 4.69) is 15.6 Å². The molecular weight excluding hydrogens is 262 g/mol. The third kappa shape index (κ3) is 3.03. The van der Waals surface area contributed by atoms with E-state index in [0.29, 0.717) is 22.8 Å². The molecule has 0 bridgehead atoms. The Morgan fingerprint density at radius 2 is 2.21 bits per heavy atom. The maximum absolute atomic E-state index is 12.0. The number of nitrogens with one attached hydrogen (secondary N) is 2. The lowest BCUT2D eigenvalue weighted by Gasteiger charge is -2.13. The van der Waals surface area contributed by atoms with E-state index in [1.807, 2.05) is 26.1 Å². The Hall–Kier alpha value is -1.65. The van der Waals surface area contributed by atoms with Crippen LogP contribution in [0.4, 0.5) is 5.69 Å². The van der Waals surface area contributed by atoms with Crippen molar-refractivity contribution in [1.82, 2.24) is 10.3 Å². The zero-order chi connectivity index (χ0) is 13.8. The van der Waals surface area contributed by atoms with Gasteiger partial charge in [0.05, 0.1) is 16.2 Å². The molecule has 2 rings (SSSR count). The van der Waals surface area contributed by atoms with Gasteiger partial charge in [0, 0.05) is 24.0 Å². The van der Waals surface area contributed by atoms with Crippen LogP contribution in [0.25, 0.3) is 10.9 Å². The molecule has 1 aromatic heterocycles. The second-order valence-electron chi connectivity index (χ2n) is 4.44. The SMILES string of the molecule is CNCC(C)C(=O)Nc1ccc(Cl)c2cccnc12. The highest BCUT2D eigenvalue weighted by Gasteiger charge is 2.14. The van der Waals surface area contributed by atoms with Gasteiger partial charge in [0.2, 0.25) is 5.91 Å². The average Bonchev–Trinajstić information content (AvgIpc) is 2.42. The van der Waals surface area contributed by atoms with Crippen LogP contribution in [0, 0.1) is 5.92 Å². The van der Waals surface area contributed by atoms with Gasteiger partial charge in [-0.15, -0.1) is 0 Å². The number of hydrogen-bond donors (Lipinski definition) is 2. The standard InChI is InChI=1S/C14H16ClN3O/c1-9(8-16-2)14(19)18-12-6-5-11(15)10-4-3-7-17-13(10)12/h3-7,9,16H,8H2,1-2H3,(H,18,19). The van der Waals surface area contributed by atoms with Gasteiger partial charge in [-0.05, 0) is 31.3 Å². The number of benzene rings is 1. The fourth-order valence-corrected chi connectivity index (χ4v) is 2.11. The molecule has 0 aliphatic heterocycles. The van der Waals surface area contributed by atoms with E-state index in [1.54, 1.807) is 18.3 Å². The number of carbonyl (C=O) groups excluding carboxylic acids is 1. The Labute approximate surface area is 117 Å². The minimum absolute atomic E-state index is 0.0383. The van der Waals surface area contributed by atoms with E-state index in [-0.39, 0.29) is 11.8 Å². The molecule has 4 nitrogen and oxygen atoms in total. The van der Waals surface area contributed by atoms with Crippen molar-refractivity contribution < 1.29 is 4.79 Å². The molecule has 19 heavy (non-hydrogen) atoms. The number of aromatic nitrogens is 1. The van der Waals surface area contributed by atoms with Crippen LogP contribution in [0.1, 0.15) is 6.92 Å². The van der Waals surface area contributed by atoms with Crippen molar-refractivity contribution in [3.8, 4) is 0 Å². The molecule has 0 saturated heterocycles. The normalized spacial score (nSPS) is 12.4. The van der Waals surface area contributed by atoms with Crippen LogP contribution >= 0.6 is 11.6 Å². The zero-order valence-electron chi connectivity index (χ0n) is 10.9. The van der Waals surface area contributed by atoms with Gasteiger partial charge in [0.1, 0.15) is 0 Å². The molecule has 1 amide bonds. The largest absolute Gasteiger partial charge is 0.324 e.